The van der Waals surface area contributed by atoms with E-state index in [1.807, 2.05) is 0 Å². The Morgan fingerprint density at radius 3 is 2.40 bits per heavy atom. The Morgan fingerprint density at radius 1 is 1.47 bits per heavy atom. The van der Waals surface area contributed by atoms with Gasteiger partial charge in [-0.3, -0.25) is 10.1 Å². The lowest BCUT2D eigenvalue weighted by Crippen LogP contribution is -2.26. The van der Waals surface area contributed by atoms with E-state index in [0.717, 1.165) is 0 Å². The molecule has 0 aromatic heterocycles. The third-order valence-electron chi connectivity index (χ3n) is 2.27. The third kappa shape index (κ3) is 2.91. The summed E-state index contributed by atoms with van der Waals surface area (Å²) in [5, 5.41) is 20.9. The van der Waals surface area contributed by atoms with Crippen molar-refractivity contribution in [1.29, 1.82) is 0 Å². The zero-order chi connectivity index (χ0) is 11.4. The van der Waals surface area contributed by atoms with Gasteiger partial charge in [0.1, 0.15) is 6.10 Å². The zero-order valence-corrected chi connectivity index (χ0v) is 9.02. The summed E-state index contributed by atoms with van der Waals surface area (Å²) in [4.78, 5) is 10.2. The number of halogens is 1. The molecule has 0 aliphatic carbocycles. The number of hydrogen-bond donors (Lipinski definition) is 1. The van der Waals surface area contributed by atoms with Crippen LogP contribution in [0.2, 0.25) is 5.02 Å². The summed E-state index contributed by atoms with van der Waals surface area (Å²) in [5.74, 6) is 0. The van der Waals surface area contributed by atoms with E-state index in [1.54, 1.807) is 31.2 Å². The predicted molar refractivity (Wildman–Crippen MR) is 57.5 cm³/mol. The molecule has 2 unspecified atom stereocenters. The smallest absolute Gasteiger partial charge is 0.242 e. The lowest BCUT2D eigenvalue weighted by Gasteiger charge is -2.14. The predicted octanol–water partition coefficient (Wildman–Crippen LogP) is 2.43. The van der Waals surface area contributed by atoms with Gasteiger partial charge in [0.05, 0.1) is 0 Å². The minimum Gasteiger partial charge on any atom is -0.381 e. The Hall–Kier alpha value is -1.13. The van der Waals surface area contributed by atoms with Crippen molar-refractivity contribution in [2.45, 2.75) is 25.5 Å². The van der Waals surface area contributed by atoms with Gasteiger partial charge in [0.25, 0.3) is 0 Å². The van der Waals surface area contributed by atoms with Gasteiger partial charge in [0, 0.05) is 16.4 Å². The summed E-state index contributed by atoms with van der Waals surface area (Å²) >= 11 is 5.68. The van der Waals surface area contributed by atoms with E-state index in [0.29, 0.717) is 10.6 Å². The van der Waals surface area contributed by atoms with Gasteiger partial charge in [0.15, 0.2) is 0 Å². The van der Waals surface area contributed by atoms with Gasteiger partial charge < -0.3 is 5.11 Å². The summed E-state index contributed by atoms with van der Waals surface area (Å²) in [6, 6.07) is 5.43. The number of nitro groups is 1. The molecule has 0 fully saturated rings. The van der Waals surface area contributed by atoms with Crippen LogP contribution in [0.25, 0.3) is 0 Å². The van der Waals surface area contributed by atoms with Crippen molar-refractivity contribution in [3.05, 3.63) is 45.0 Å². The van der Waals surface area contributed by atoms with Crippen LogP contribution in [0.1, 0.15) is 25.0 Å². The monoisotopic (exact) mass is 229 g/mol. The van der Waals surface area contributed by atoms with E-state index in [1.165, 1.54) is 0 Å². The van der Waals surface area contributed by atoms with Crippen LogP contribution in [-0.2, 0) is 0 Å². The van der Waals surface area contributed by atoms with Gasteiger partial charge >= 0.3 is 0 Å². The maximum Gasteiger partial charge on any atom is 0.242 e. The van der Waals surface area contributed by atoms with Gasteiger partial charge in [0.2, 0.25) is 6.04 Å². The van der Waals surface area contributed by atoms with Crippen molar-refractivity contribution >= 4 is 11.6 Å². The quantitative estimate of drug-likeness (QED) is 0.637. The highest BCUT2D eigenvalue weighted by Gasteiger charge is 2.28. The van der Waals surface area contributed by atoms with Crippen LogP contribution in [-0.4, -0.2) is 16.1 Å². The molecule has 0 saturated heterocycles. The summed E-state index contributed by atoms with van der Waals surface area (Å²) in [7, 11) is 0. The molecule has 0 spiro atoms. The maximum atomic E-state index is 10.6. The second-order valence-corrected chi connectivity index (χ2v) is 3.69. The number of rotatable bonds is 4. The highest BCUT2D eigenvalue weighted by molar-refractivity contribution is 6.30. The Balaban J connectivity index is 2.87. The van der Waals surface area contributed by atoms with E-state index in [9.17, 15) is 15.2 Å². The van der Waals surface area contributed by atoms with Crippen molar-refractivity contribution in [2.24, 2.45) is 0 Å². The fraction of sp³-hybridized carbons (Fsp3) is 0.400. The first kappa shape index (κ1) is 11.9. The van der Waals surface area contributed by atoms with Crippen molar-refractivity contribution < 1.29 is 10.0 Å². The SMILES string of the molecule is CCC(C(O)c1ccc(Cl)cc1)[N+](=O)[O-]. The van der Waals surface area contributed by atoms with E-state index in [2.05, 4.69) is 0 Å². The highest BCUT2D eigenvalue weighted by Crippen LogP contribution is 2.22. The molecule has 1 rings (SSSR count). The normalized spacial score (nSPS) is 14.6. The average molecular weight is 230 g/mol. The van der Waals surface area contributed by atoms with Crippen LogP contribution < -0.4 is 0 Å². The van der Waals surface area contributed by atoms with Crippen LogP contribution in [0.3, 0.4) is 0 Å². The van der Waals surface area contributed by atoms with Gasteiger partial charge in [-0.15, -0.1) is 0 Å². The second-order valence-electron chi connectivity index (χ2n) is 3.26. The summed E-state index contributed by atoms with van der Waals surface area (Å²) < 4.78 is 0. The number of nitrogens with zero attached hydrogens (tertiary/aromatic N) is 1. The van der Waals surface area contributed by atoms with Crippen molar-refractivity contribution in [3.8, 4) is 0 Å². The van der Waals surface area contributed by atoms with Gasteiger partial charge in [-0.05, 0) is 17.7 Å². The first-order valence-electron chi connectivity index (χ1n) is 4.63. The summed E-state index contributed by atoms with van der Waals surface area (Å²) in [5.41, 5.74) is 0.517. The van der Waals surface area contributed by atoms with Crippen LogP contribution in [0.5, 0.6) is 0 Å². The Morgan fingerprint density at radius 2 is 2.00 bits per heavy atom. The largest absolute Gasteiger partial charge is 0.381 e. The molecule has 0 aliphatic heterocycles. The molecule has 0 bridgehead atoms. The first-order valence-corrected chi connectivity index (χ1v) is 5.01. The summed E-state index contributed by atoms with van der Waals surface area (Å²) in [6.45, 7) is 1.67. The van der Waals surface area contributed by atoms with Crippen LogP contribution >= 0.6 is 11.6 Å². The first-order chi connectivity index (χ1) is 7.06. The van der Waals surface area contributed by atoms with Crippen LogP contribution in [0.15, 0.2) is 24.3 Å². The molecule has 1 aromatic carbocycles. The molecular weight excluding hydrogens is 218 g/mol. The molecule has 0 amide bonds. The lowest BCUT2D eigenvalue weighted by molar-refractivity contribution is -0.536. The molecule has 2 atom stereocenters. The Labute approximate surface area is 92.6 Å². The molecule has 1 aromatic rings. The number of benzene rings is 1. The molecule has 15 heavy (non-hydrogen) atoms. The fourth-order valence-electron chi connectivity index (χ4n) is 1.37. The molecule has 0 saturated carbocycles. The van der Waals surface area contributed by atoms with E-state index in [-0.39, 0.29) is 6.42 Å². The van der Waals surface area contributed by atoms with Crippen molar-refractivity contribution in [1.82, 2.24) is 0 Å². The van der Waals surface area contributed by atoms with Gasteiger partial charge in [-0.1, -0.05) is 30.7 Å². The molecule has 0 heterocycles. The molecule has 4 nitrogen and oxygen atoms in total. The van der Waals surface area contributed by atoms with Crippen LogP contribution in [0.4, 0.5) is 0 Å². The van der Waals surface area contributed by atoms with Gasteiger partial charge in [-0.25, -0.2) is 0 Å². The standard InChI is InChI=1S/C10H12ClNO3/c1-2-9(12(14)15)10(13)7-3-5-8(11)6-4-7/h3-6,9-10,13H,2H2,1H3. The topological polar surface area (TPSA) is 63.4 Å². The van der Waals surface area contributed by atoms with E-state index < -0.39 is 17.1 Å². The van der Waals surface area contributed by atoms with Crippen molar-refractivity contribution in [2.75, 3.05) is 0 Å². The summed E-state index contributed by atoms with van der Waals surface area (Å²) in [6.07, 6.45) is -0.793. The van der Waals surface area contributed by atoms with Crippen molar-refractivity contribution in [3.63, 3.8) is 0 Å². The van der Waals surface area contributed by atoms with Gasteiger partial charge in [-0.2, -0.15) is 0 Å². The molecular formula is C10H12ClNO3. The highest BCUT2D eigenvalue weighted by atomic mass is 35.5. The number of aliphatic hydroxyl groups is 1. The molecule has 0 radical (unpaired) electrons. The zero-order valence-electron chi connectivity index (χ0n) is 8.26. The Kier molecular flexibility index (Phi) is 4.05. The van der Waals surface area contributed by atoms with E-state index in [4.69, 9.17) is 11.6 Å². The number of aliphatic hydroxyl groups excluding tert-OH is 1. The molecule has 82 valence electrons. The van der Waals surface area contributed by atoms with Crippen LogP contribution in [0, 0.1) is 10.1 Å². The third-order valence-corrected chi connectivity index (χ3v) is 2.52. The average Bonchev–Trinajstić information content (AvgIpc) is 2.19. The number of hydrogen-bond acceptors (Lipinski definition) is 3. The Bertz CT molecular complexity index is 339. The molecule has 1 N–H and O–H groups in total. The fourth-order valence-corrected chi connectivity index (χ4v) is 1.50. The minimum atomic E-state index is -1.08. The second kappa shape index (κ2) is 5.09. The minimum absolute atomic E-state index is 0.288. The maximum absolute atomic E-state index is 10.6. The van der Waals surface area contributed by atoms with E-state index >= 15 is 0 Å². The lowest BCUT2D eigenvalue weighted by atomic mass is 10.0. The molecule has 5 heteroatoms. The molecule has 0 aliphatic rings.